The van der Waals surface area contributed by atoms with Crippen LogP contribution in [-0.4, -0.2) is 67.6 Å². The van der Waals surface area contributed by atoms with Gasteiger partial charge in [0.15, 0.2) is 5.78 Å². The Morgan fingerprint density at radius 1 is 1.18 bits per heavy atom. The van der Waals surface area contributed by atoms with Crippen LogP contribution in [0.5, 0.6) is 11.5 Å². The van der Waals surface area contributed by atoms with Gasteiger partial charge < -0.3 is 19.3 Å². The maximum Gasteiger partial charge on any atom is 0.163 e. The Kier molecular flexibility index (Phi) is 9.28. The van der Waals surface area contributed by atoms with Crippen LogP contribution in [0.1, 0.15) is 43.1 Å². The van der Waals surface area contributed by atoms with Crippen LogP contribution in [-0.2, 0) is 0 Å². The maximum absolute atomic E-state index is 12.0. The monoisotopic (exact) mass is 430 g/mol. The third-order valence-electron chi connectivity index (χ3n) is 5.02. The first-order valence-corrected chi connectivity index (χ1v) is 9.45. The van der Waals surface area contributed by atoms with E-state index in [1.165, 1.54) is 0 Å². The van der Waals surface area contributed by atoms with Crippen LogP contribution in [0.2, 0.25) is 0 Å². The van der Waals surface area contributed by atoms with Gasteiger partial charge in [0.05, 0.1) is 17.7 Å². The van der Waals surface area contributed by atoms with Gasteiger partial charge >= 0.3 is 0 Å². The van der Waals surface area contributed by atoms with E-state index in [1.54, 1.807) is 6.92 Å². The predicted octanol–water partition coefficient (Wildman–Crippen LogP) is 3.93. The Morgan fingerprint density at radius 3 is 2.50 bits per heavy atom. The molecule has 0 bridgehead atoms. The minimum atomic E-state index is -0.344. The number of piperazine rings is 1. The number of carbonyl (C=O) groups excluding carboxylic acids is 1. The van der Waals surface area contributed by atoms with Gasteiger partial charge in [-0.3, -0.25) is 4.79 Å². The van der Waals surface area contributed by atoms with E-state index in [-0.39, 0.29) is 36.2 Å². The highest BCUT2D eigenvalue weighted by Crippen LogP contribution is 2.39. The van der Waals surface area contributed by atoms with Crippen LogP contribution in [0, 0.1) is 0 Å². The van der Waals surface area contributed by atoms with Gasteiger partial charge in [-0.05, 0) is 58.5 Å². The van der Waals surface area contributed by atoms with E-state index in [0.29, 0.717) is 17.9 Å². The number of fused-ring (bicyclic) bond motifs is 1. The largest absolute Gasteiger partial charge is 0.492 e. The summed E-state index contributed by atoms with van der Waals surface area (Å²) in [5, 5.41) is 0. The summed E-state index contributed by atoms with van der Waals surface area (Å²) < 4.78 is 12.1. The van der Waals surface area contributed by atoms with Crippen molar-refractivity contribution in [3.63, 3.8) is 0 Å². The molecule has 5 nitrogen and oxygen atoms in total. The molecule has 1 saturated heterocycles. The van der Waals surface area contributed by atoms with Crippen molar-refractivity contribution >= 4 is 36.7 Å². The number of nitrogens with zero attached hydrogens (tertiary/aromatic N) is 2. The van der Waals surface area contributed by atoms with E-state index in [2.05, 4.69) is 16.8 Å². The first kappa shape index (κ1) is 24.8. The number of ether oxygens (including phenoxy) is 2. The quantitative estimate of drug-likeness (QED) is 0.504. The van der Waals surface area contributed by atoms with Crippen LogP contribution in [0.25, 0.3) is 6.08 Å². The molecule has 0 saturated carbocycles. The molecule has 158 valence electrons. The van der Waals surface area contributed by atoms with E-state index < -0.39 is 0 Å². The van der Waals surface area contributed by atoms with Crippen LogP contribution >= 0.6 is 24.8 Å². The SMILES string of the molecule is CC(=O)c1ccc2c(c1OCCCN1CCN(C)CC1)C=CC(C)(C)O2.Cl.Cl. The van der Waals surface area contributed by atoms with E-state index in [1.807, 2.05) is 38.1 Å². The number of halogens is 2. The highest BCUT2D eigenvalue weighted by atomic mass is 35.5. The molecule has 7 heteroatoms. The molecule has 1 fully saturated rings. The average Bonchev–Trinajstić information content (AvgIpc) is 2.58. The van der Waals surface area contributed by atoms with Gasteiger partial charge in [0.1, 0.15) is 17.1 Å². The molecule has 28 heavy (non-hydrogen) atoms. The molecule has 0 atom stereocenters. The molecular weight excluding hydrogens is 399 g/mol. The molecule has 1 aromatic rings. The van der Waals surface area contributed by atoms with Crippen molar-refractivity contribution in [2.24, 2.45) is 0 Å². The van der Waals surface area contributed by atoms with Gasteiger partial charge in [0.2, 0.25) is 0 Å². The van der Waals surface area contributed by atoms with Crippen molar-refractivity contribution in [2.45, 2.75) is 32.8 Å². The van der Waals surface area contributed by atoms with Gasteiger partial charge in [-0.15, -0.1) is 24.8 Å². The first-order valence-electron chi connectivity index (χ1n) is 9.45. The Hall–Kier alpha value is -1.27. The third-order valence-corrected chi connectivity index (χ3v) is 5.02. The second-order valence-corrected chi connectivity index (χ2v) is 7.80. The number of benzene rings is 1. The number of hydrogen-bond acceptors (Lipinski definition) is 5. The summed E-state index contributed by atoms with van der Waals surface area (Å²) in [7, 11) is 2.17. The van der Waals surface area contributed by atoms with E-state index in [0.717, 1.165) is 50.5 Å². The molecule has 0 unspecified atom stereocenters. The summed E-state index contributed by atoms with van der Waals surface area (Å²) in [6.07, 6.45) is 4.97. The van der Waals surface area contributed by atoms with Crippen molar-refractivity contribution in [1.82, 2.24) is 9.80 Å². The fourth-order valence-corrected chi connectivity index (χ4v) is 3.40. The Labute approximate surface area is 180 Å². The second kappa shape index (κ2) is 10.5. The van der Waals surface area contributed by atoms with Crippen LogP contribution in [0.15, 0.2) is 18.2 Å². The van der Waals surface area contributed by atoms with Crippen molar-refractivity contribution in [3.8, 4) is 11.5 Å². The third kappa shape index (κ3) is 6.11. The molecule has 1 aromatic carbocycles. The molecule has 2 aliphatic rings. The number of likely N-dealkylation sites (N-methyl/N-ethyl adjacent to an activating group) is 1. The lowest BCUT2D eigenvalue weighted by atomic mass is 9.98. The van der Waals surface area contributed by atoms with Crippen LogP contribution in [0.3, 0.4) is 0 Å². The minimum Gasteiger partial charge on any atom is -0.492 e. The van der Waals surface area contributed by atoms with Gasteiger partial charge in [-0.1, -0.05) is 0 Å². The zero-order valence-electron chi connectivity index (χ0n) is 17.2. The van der Waals surface area contributed by atoms with Crippen LogP contribution < -0.4 is 9.47 Å². The topological polar surface area (TPSA) is 42.0 Å². The van der Waals surface area contributed by atoms with E-state index in [9.17, 15) is 4.79 Å². The molecule has 0 spiro atoms. The molecule has 0 aliphatic carbocycles. The molecule has 2 heterocycles. The van der Waals surface area contributed by atoms with Crippen molar-refractivity contribution < 1.29 is 14.3 Å². The standard InChI is InChI=1S/C21H30N2O3.2ClH/c1-16(24)17-6-7-19-18(8-9-21(2,3)26-19)20(17)25-15-5-10-23-13-11-22(4)12-14-23;;/h6-9H,5,10-15H2,1-4H3;2*1H. The highest BCUT2D eigenvalue weighted by molar-refractivity contribution is 5.98. The van der Waals surface area contributed by atoms with Crippen molar-refractivity contribution in [1.29, 1.82) is 0 Å². The minimum absolute atomic E-state index is 0. The van der Waals surface area contributed by atoms with Gasteiger partial charge in [0.25, 0.3) is 0 Å². The highest BCUT2D eigenvalue weighted by Gasteiger charge is 2.26. The molecule has 0 radical (unpaired) electrons. The van der Waals surface area contributed by atoms with Gasteiger partial charge in [-0.2, -0.15) is 0 Å². The lowest BCUT2D eigenvalue weighted by Crippen LogP contribution is -2.44. The summed E-state index contributed by atoms with van der Waals surface area (Å²) in [5.41, 5.74) is 1.15. The Morgan fingerprint density at radius 2 is 1.86 bits per heavy atom. The molecule has 2 aliphatic heterocycles. The number of Topliss-reactive ketones (excluding diaryl/α,β-unsaturated/α-hetero) is 1. The summed E-state index contributed by atoms with van der Waals surface area (Å²) >= 11 is 0. The summed E-state index contributed by atoms with van der Waals surface area (Å²) in [5.74, 6) is 1.44. The summed E-state index contributed by atoms with van der Waals surface area (Å²) in [6, 6.07) is 3.68. The Balaban J connectivity index is 0.00000196. The fourth-order valence-electron chi connectivity index (χ4n) is 3.40. The summed E-state index contributed by atoms with van der Waals surface area (Å²) in [4.78, 5) is 16.9. The molecule has 0 amide bonds. The number of carbonyl (C=O) groups is 1. The van der Waals surface area contributed by atoms with Crippen molar-refractivity contribution in [3.05, 3.63) is 29.3 Å². The predicted molar refractivity (Wildman–Crippen MR) is 119 cm³/mol. The maximum atomic E-state index is 12.0. The zero-order valence-corrected chi connectivity index (χ0v) is 18.8. The lowest BCUT2D eigenvalue weighted by Gasteiger charge is -2.32. The second-order valence-electron chi connectivity index (χ2n) is 7.80. The fraction of sp³-hybridized carbons (Fsp3) is 0.571. The normalized spacial score (nSPS) is 18.3. The summed E-state index contributed by atoms with van der Waals surface area (Å²) in [6.45, 7) is 11.7. The molecule has 0 aromatic heterocycles. The van der Waals surface area contributed by atoms with E-state index >= 15 is 0 Å². The smallest absolute Gasteiger partial charge is 0.163 e. The molecule has 0 N–H and O–H groups in total. The van der Waals surface area contributed by atoms with E-state index in [4.69, 9.17) is 9.47 Å². The zero-order chi connectivity index (χ0) is 18.7. The number of ketones is 1. The number of rotatable bonds is 6. The van der Waals surface area contributed by atoms with Crippen LogP contribution in [0.4, 0.5) is 0 Å². The molecule has 3 rings (SSSR count). The molecular formula is C21H32Cl2N2O3. The average molecular weight is 431 g/mol. The Bertz CT molecular complexity index is 699. The van der Waals surface area contributed by atoms with Gasteiger partial charge in [-0.25, -0.2) is 0 Å². The number of hydrogen-bond donors (Lipinski definition) is 0. The lowest BCUT2D eigenvalue weighted by molar-refractivity contribution is 0.101. The van der Waals surface area contributed by atoms with Gasteiger partial charge in [0, 0.05) is 32.7 Å². The van der Waals surface area contributed by atoms with Crippen molar-refractivity contribution in [2.75, 3.05) is 46.4 Å². The first-order chi connectivity index (χ1) is 12.4.